The fraction of sp³-hybridized carbons (Fsp3) is 0.688. The Hall–Kier alpha value is -1.83. The number of aromatic amines is 1. The number of phosphoric ester groups is 2. The highest BCUT2D eigenvalue weighted by molar-refractivity contribution is 7.61. The number of aromatic nitrogens is 4. The molecule has 10 N–H and O–H groups in total. The number of anilines is 1. The van der Waals surface area contributed by atoms with Gasteiger partial charge in [-0.3, -0.25) is 23.4 Å². The minimum atomic E-state index is -5.33. The molecule has 2 fully saturated rings. The Bertz CT molecular complexity index is 1290. The summed E-state index contributed by atoms with van der Waals surface area (Å²) in [5.74, 6) is -0.246. The maximum Gasteiger partial charge on any atom is 0.483 e. The van der Waals surface area contributed by atoms with Crippen molar-refractivity contribution >= 4 is 32.8 Å². The zero-order valence-corrected chi connectivity index (χ0v) is 20.8. The van der Waals surface area contributed by atoms with E-state index in [1.165, 1.54) is 6.92 Å². The number of H-pyrrole nitrogens is 1. The summed E-state index contributed by atoms with van der Waals surface area (Å²) in [5, 5.41) is 30.7. The number of nitrogen functional groups attached to an aromatic ring is 1. The minimum Gasteiger partial charge on any atom is -0.388 e. The highest BCUT2D eigenvalue weighted by Gasteiger charge is 2.47. The first-order chi connectivity index (χ1) is 17.2. The molecule has 10 atom stereocenters. The van der Waals surface area contributed by atoms with Crippen LogP contribution in [0.1, 0.15) is 19.6 Å². The highest BCUT2D eigenvalue weighted by atomic mass is 31.3. The van der Waals surface area contributed by atoms with Crippen molar-refractivity contribution in [2.75, 3.05) is 12.3 Å². The molecule has 2 aromatic rings. The van der Waals surface area contributed by atoms with Gasteiger partial charge in [0.2, 0.25) is 5.95 Å². The zero-order valence-electron chi connectivity index (χ0n) is 19.0. The SMILES string of the molecule is C[C@H]1O[C@H](OP(=O)(O)OP(=O)(O)OC[C@H]2O[C@@H](n3cnc4c(=O)[nH]c(N)nc43)[C@H](O)[C@@H]2O)[C@@H](O)C[C@@H]1N. The molecule has 0 spiro atoms. The van der Waals surface area contributed by atoms with E-state index in [9.17, 15) is 39.0 Å². The molecule has 0 aromatic carbocycles. The van der Waals surface area contributed by atoms with Crippen LogP contribution in [0, 0.1) is 0 Å². The van der Waals surface area contributed by atoms with Gasteiger partial charge in [-0.2, -0.15) is 9.29 Å². The first kappa shape index (κ1) is 28.2. The molecule has 4 heterocycles. The molecule has 0 bridgehead atoms. The van der Waals surface area contributed by atoms with Crippen LogP contribution in [0.3, 0.4) is 0 Å². The minimum absolute atomic E-state index is 0.0395. The predicted octanol–water partition coefficient (Wildman–Crippen LogP) is -2.61. The van der Waals surface area contributed by atoms with Gasteiger partial charge in [0, 0.05) is 6.04 Å². The number of aliphatic hydroxyl groups is 3. The molecule has 0 radical (unpaired) electrons. The van der Waals surface area contributed by atoms with Crippen LogP contribution in [-0.4, -0.2) is 94.1 Å². The quantitative estimate of drug-likeness (QED) is 0.150. The smallest absolute Gasteiger partial charge is 0.388 e. The van der Waals surface area contributed by atoms with Crippen LogP contribution in [0.2, 0.25) is 0 Å². The molecule has 2 aliphatic rings. The number of rotatable bonds is 8. The fourth-order valence-corrected chi connectivity index (χ4v) is 5.95. The predicted molar refractivity (Wildman–Crippen MR) is 119 cm³/mol. The van der Waals surface area contributed by atoms with Crippen LogP contribution < -0.4 is 17.0 Å². The number of fused-ring (bicyclic) bond motifs is 1. The molecule has 2 aliphatic heterocycles. The Labute approximate surface area is 207 Å². The molecule has 2 saturated heterocycles. The van der Waals surface area contributed by atoms with Crippen molar-refractivity contribution in [1.29, 1.82) is 0 Å². The van der Waals surface area contributed by atoms with Gasteiger partial charge in [0.25, 0.3) is 5.56 Å². The van der Waals surface area contributed by atoms with E-state index in [1.807, 2.05) is 0 Å². The van der Waals surface area contributed by atoms with Crippen molar-refractivity contribution in [3.05, 3.63) is 16.7 Å². The number of nitrogens with two attached hydrogens (primary N) is 2. The lowest BCUT2D eigenvalue weighted by Crippen LogP contribution is -2.50. The van der Waals surface area contributed by atoms with Crippen LogP contribution in [0.15, 0.2) is 11.1 Å². The van der Waals surface area contributed by atoms with Crippen LogP contribution in [0.4, 0.5) is 5.95 Å². The second-order valence-corrected chi connectivity index (χ2v) is 11.4. The van der Waals surface area contributed by atoms with Gasteiger partial charge in [-0.1, -0.05) is 0 Å². The van der Waals surface area contributed by atoms with Crippen LogP contribution in [0.25, 0.3) is 11.2 Å². The Morgan fingerprint density at radius 3 is 2.62 bits per heavy atom. The number of nitrogens with zero attached hydrogens (tertiary/aromatic N) is 3. The van der Waals surface area contributed by atoms with Gasteiger partial charge >= 0.3 is 15.6 Å². The van der Waals surface area contributed by atoms with E-state index < -0.39 is 76.9 Å². The lowest BCUT2D eigenvalue weighted by Gasteiger charge is -2.36. The van der Waals surface area contributed by atoms with Crippen molar-refractivity contribution in [3.8, 4) is 0 Å². The Balaban J connectivity index is 1.39. The molecule has 0 aliphatic carbocycles. The standard InChI is InChI=1S/C16H26N6O13P2/c1-5-6(17)2-7(23)15(32-5)34-37(29,30)35-36(27,28)31-3-8-10(24)11(25)14(33-8)22-4-19-9-12(22)20-16(18)21-13(9)26/h4-8,10-11,14-15,23-25H,2-3,17H2,1H3,(H,27,28)(H,29,30)(H3,18,20,21,26)/t5-,6+,7+,8-,10-,11-,14-,15-/m1/s1. The molecule has 19 nitrogen and oxygen atoms in total. The highest BCUT2D eigenvalue weighted by Crippen LogP contribution is 2.61. The molecular weight excluding hydrogens is 546 g/mol. The summed E-state index contributed by atoms with van der Waals surface area (Å²) < 4.78 is 49.8. The Kier molecular flexibility index (Phi) is 7.91. The van der Waals surface area contributed by atoms with Crippen LogP contribution in [-0.2, 0) is 32.0 Å². The van der Waals surface area contributed by atoms with Crippen molar-refractivity contribution in [1.82, 2.24) is 19.5 Å². The van der Waals surface area contributed by atoms with E-state index in [0.717, 1.165) is 10.9 Å². The van der Waals surface area contributed by atoms with Gasteiger partial charge in [0.15, 0.2) is 23.7 Å². The van der Waals surface area contributed by atoms with E-state index in [2.05, 4.69) is 28.3 Å². The van der Waals surface area contributed by atoms with E-state index in [0.29, 0.717) is 0 Å². The third-order valence-electron chi connectivity index (χ3n) is 5.69. The van der Waals surface area contributed by atoms with Crippen LogP contribution >= 0.6 is 15.6 Å². The average molecular weight is 572 g/mol. The summed E-state index contributed by atoms with van der Waals surface area (Å²) in [7, 11) is -10.7. The first-order valence-corrected chi connectivity index (χ1v) is 13.7. The summed E-state index contributed by atoms with van der Waals surface area (Å²) in [6.45, 7) is 0.625. The molecule has 21 heteroatoms. The van der Waals surface area contributed by atoms with Crippen molar-refractivity contribution < 1.29 is 57.1 Å². The lowest BCUT2D eigenvalue weighted by atomic mass is 10.0. The van der Waals surface area contributed by atoms with Gasteiger partial charge in [-0.15, -0.1) is 0 Å². The molecule has 2 aromatic heterocycles. The lowest BCUT2D eigenvalue weighted by molar-refractivity contribution is -0.208. The number of hydrogen-bond acceptors (Lipinski definition) is 15. The number of nitrogens with one attached hydrogen (secondary N) is 1. The van der Waals surface area contributed by atoms with E-state index in [-0.39, 0.29) is 23.5 Å². The van der Waals surface area contributed by atoms with Crippen molar-refractivity contribution in [2.45, 2.75) is 62.4 Å². The normalized spacial score (nSPS) is 35.9. The molecule has 4 rings (SSSR count). The van der Waals surface area contributed by atoms with Gasteiger partial charge in [0.1, 0.15) is 24.4 Å². The number of imidazole rings is 1. The third-order valence-corrected chi connectivity index (χ3v) is 8.29. The Morgan fingerprint density at radius 2 is 1.92 bits per heavy atom. The van der Waals surface area contributed by atoms with Gasteiger partial charge < -0.3 is 46.0 Å². The van der Waals surface area contributed by atoms with Gasteiger partial charge in [-0.05, 0) is 13.3 Å². The van der Waals surface area contributed by atoms with Crippen LogP contribution in [0.5, 0.6) is 0 Å². The number of hydrogen-bond donors (Lipinski definition) is 8. The number of aliphatic hydroxyl groups excluding tert-OH is 3. The third kappa shape index (κ3) is 6.10. The fourth-order valence-electron chi connectivity index (χ4n) is 3.78. The monoisotopic (exact) mass is 572 g/mol. The average Bonchev–Trinajstić information content (AvgIpc) is 3.31. The molecule has 37 heavy (non-hydrogen) atoms. The maximum atomic E-state index is 12.3. The van der Waals surface area contributed by atoms with Crippen molar-refractivity contribution in [3.63, 3.8) is 0 Å². The second-order valence-electron chi connectivity index (χ2n) is 8.42. The summed E-state index contributed by atoms with van der Waals surface area (Å²) >= 11 is 0. The zero-order chi connectivity index (χ0) is 27.3. The van der Waals surface area contributed by atoms with Gasteiger partial charge in [0.05, 0.1) is 19.0 Å². The van der Waals surface area contributed by atoms with Gasteiger partial charge in [-0.25, -0.2) is 14.1 Å². The Morgan fingerprint density at radius 1 is 1.22 bits per heavy atom. The second kappa shape index (κ2) is 10.4. The van der Waals surface area contributed by atoms with E-state index >= 15 is 0 Å². The van der Waals surface area contributed by atoms with E-state index in [4.69, 9.17) is 20.9 Å². The molecule has 0 amide bonds. The first-order valence-electron chi connectivity index (χ1n) is 10.7. The van der Waals surface area contributed by atoms with Crippen molar-refractivity contribution in [2.24, 2.45) is 5.73 Å². The summed E-state index contributed by atoms with van der Waals surface area (Å²) in [5.41, 5.74) is 10.4. The topological polar surface area (TPSA) is 297 Å². The molecular formula is C16H26N6O13P2. The summed E-state index contributed by atoms with van der Waals surface area (Å²) in [6, 6.07) is -0.577. The number of phosphoric acid groups is 2. The number of ether oxygens (including phenoxy) is 2. The van der Waals surface area contributed by atoms with E-state index in [1.54, 1.807) is 0 Å². The molecule has 208 valence electrons. The summed E-state index contributed by atoms with van der Waals surface area (Å²) in [4.78, 5) is 41.8. The summed E-state index contributed by atoms with van der Waals surface area (Å²) in [6.07, 6.45) is -8.85. The molecule has 0 saturated carbocycles. The molecule has 2 unspecified atom stereocenters. The largest absolute Gasteiger partial charge is 0.483 e. The maximum absolute atomic E-state index is 12.3.